The van der Waals surface area contributed by atoms with Gasteiger partial charge in [0.15, 0.2) is 18.1 Å². The fourth-order valence-corrected chi connectivity index (χ4v) is 4.13. The Morgan fingerprint density at radius 3 is 2.62 bits per heavy atom. The molecule has 1 amide bonds. The highest BCUT2D eigenvalue weighted by molar-refractivity contribution is 5.80. The van der Waals surface area contributed by atoms with Gasteiger partial charge in [-0.05, 0) is 48.8 Å². The van der Waals surface area contributed by atoms with E-state index >= 15 is 0 Å². The average Bonchev–Trinajstić information content (AvgIpc) is 3.18. The van der Waals surface area contributed by atoms with E-state index in [9.17, 15) is 18.0 Å². The second-order valence-corrected chi connectivity index (χ2v) is 7.04. The third kappa shape index (κ3) is 4.06. The minimum atomic E-state index is -4.42. The number of benzene rings is 1. The molecule has 0 heterocycles. The number of ether oxygens (including phenoxy) is 2. The molecule has 1 aromatic rings. The van der Waals surface area contributed by atoms with Crippen LogP contribution in [0.5, 0.6) is 11.5 Å². The maximum atomic E-state index is 12.5. The molecular formula is C18H23F3N2O3. The van der Waals surface area contributed by atoms with Gasteiger partial charge in [-0.3, -0.25) is 4.79 Å². The van der Waals surface area contributed by atoms with Crippen LogP contribution in [0.3, 0.4) is 0 Å². The van der Waals surface area contributed by atoms with Crippen molar-refractivity contribution < 1.29 is 27.4 Å². The summed E-state index contributed by atoms with van der Waals surface area (Å²) < 4.78 is 46.7. The third-order valence-electron chi connectivity index (χ3n) is 5.37. The summed E-state index contributed by atoms with van der Waals surface area (Å²) in [6, 6.07) is 4.50. The van der Waals surface area contributed by atoms with E-state index in [2.05, 4.69) is 5.32 Å². The monoisotopic (exact) mass is 372 g/mol. The number of nitrogens with one attached hydrogen (secondary N) is 1. The summed E-state index contributed by atoms with van der Waals surface area (Å²) in [5.41, 5.74) is 6.89. The number of carbonyl (C=O) groups is 1. The minimum absolute atomic E-state index is 0.00928. The molecule has 4 unspecified atom stereocenters. The molecule has 3 N–H and O–H groups in total. The summed E-state index contributed by atoms with van der Waals surface area (Å²) in [4.78, 5) is 12.5. The van der Waals surface area contributed by atoms with Crippen molar-refractivity contribution >= 4 is 5.91 Å². The summed E-state index contributed by atoms with van der Waals surface area (Å²) >= 11 is 0. The molecule has 8 heteroatoms. The fraction of sp³-hybridized carbons (Fsp3) is 0.611. The minimum Gasteiger partial charge on any atom is -0.493 e. The second-order valence-electron chi connectivity index (χ2n) is 7.04. The van der Waals surface area contributed by atoms with Gasteiger partial charge in [0.05, 0.1) is 13.0 Å². The highest BCUT2D eigenvalue weighted by Gasteiger charge is 2.48. The summed E-state index contributed by atoms with van der Waals surface area (Å²) in [7, 11) is 1.35. The van der Waals surface area contributed by atoms with Crippen molar-refractivity contribution in [3.63, 3.8) is 0 Å². The Balaban J connectivity index is 1.59. The molecule has 1 aromatic carbocycles. The lowest BCUT2D eigenvalue weighted by Gasteiger charge is -2.27. The molecule has 2 aliphatic carbocycles. The maximum Gasteiger partial charge on any atom is 0.422 e. The highest BCUT2D eigenvalue weighted by Crippen LogP contribution is 2.47. The Hall–Kier alpha value is -1.96. The standard InChI is InChI=1S/C18H23F3N2O3/c1-25-14-6-10(2-5-13(14)26-9-18(19,20)21)8-23-17(24)15-11-3-4-12(7-11)16(15)22/h2,5-6,11-12,15-16H,3-4,7-9,22H2,1H3,(H,23,24). The van der Waals surface area contributed by atoms with E-state index in [4.69, 9.17) is 15.2 Å². The van der Waals surface area contributed by atoms with Crippen molar-refractivity contribution in [2.75, 3.05) is 13.7 Å². The number of fused-ring (bicyclic) bond motifs is 2. The Bertz CT molecular complexity index is 664. The van der Waals surface area contributed by atoms with Crippen molar-refractivity contribution in [3.05, 3.63) is 23.8 Å². The maximum absolute atomic E-state index is 12.5. The topological polar surface area (TPSA) is 73.6 Å². The number of halogens is 3. The van der Waals surface area contributed by atoms with Crippen LogP contribution in [0.1, 0.15) is 24.8 Å². The van der Waals surface area contributed by atoms with Crippen LogP contribution in [-0.4, -0.2) is 31.8 Å². The van der Waals surface area contributed by atoms with Crippen LogP contribution in [0, 0.1) is 17.8 Å². The van der Waals surface area contributed by atoms with Gasteiger partial charge in [0, 0.05) is 12.6 Å². The summed E-state index contributed by atoms with van der Waals surface area (Å²) in [6.45, 7) is -1.13. The molecule has 2 bridgehead atoms. The zero-order valence-electron chi connectivity index (χ0n) is 14.5. The van der Waals surface area contributed by atoms with Gasteiger partial charge in [-0.1, -0.05) is 6.07 Å². The summed E-state index contributed by atoms with van der Waals surface area (Å²) in [6.07, 6.45) is -1.24. The van der Waals surface area contributed by atoms with Crippen LogP contribution in [0.15, 0.2) is 18.2 Å². The van der Waals surface area contributed by atoms with Gasteiger partial charge in [0.25, 0.3) is 0 Å². The van der Waals surface area contributed by atoms with E-state index in [0.717, 1.165) is 19.3 Å². The molecule has 0 saturated heterocycles. The second kappa shape index (κ2) is 7.34. The Morgan fingerprint density at radius 2 is 2.00 bits per heavy atom. The molecule has 26 heavy (non-hydrogen) atoms. The largest absolute Gasteiger partial charge is 0.493 e. The van der Waals surface area contributed by atoms with E-state index in [1.54, 1.807) is 12.1 Å². The van der Waals surface area contributed by atoms with Gasteiger partial charge in [-0.15, -0.1) is 0 Å². The average molecular weight is 372 g/mol. The SMILES string of the molecule is COc1cc(CNC(=O)C2C3CCC(C3)C2N)ccc1OCC(F)(F)F. The molecule has 3 rings (SSSR count). The smallest absolute Gasteiger partial charge is 0.422 e. The molecule has 2 fully saturated rings. The van der Waals surface area contributed by atoms with Crippen molar-refractivity contribution in [1.29, 1.82) is 0 Å². The lowest BCUT2D eigenvalue weighted by molar-refractivity contribution is -0.153. The molecule has 0 radical (unpaired) electrons. The first-order chi connectivity index (χ1) is 12.3. The van der Waals surface area contributed by atoms with Crippen molar-refractivity contribution in [1.82, 2.24) is 5.32 Å². The van der Waals surface area contributed by atoms with Crippen molar-refractivity contribution in [3.8, 4) is 11.5 Å². The number of amides is 1. The predicted molar refractivity (Wildman–Crippen MR) is 88.7 cm³/mol. The highest BCUT2D eigenvalue weighted by atomic mass is 19.4. The van der Waals surface area contributed by atoms with Gasteiger partial charge in [0.2, 0.25) is 5.91 Å². The van der Waals surface area contributed by atoms with Gasteiger partial charge in [-0.25, -0.2) is 0 Å². The van der Waals surface area contributed by atoms with Crippen molar-refractivity contribution in [2.24, 2.45) is 23.5 Å². The van der Waals surface area contributed by atoms with E-state index in [-0.39, 0.29) is 35.9 Å². The normalized spacial score (nSPS) is 27.4. The van der Waals surface area contributed by atoms with Crippen molar-refractivity contribution in [2.45, 2.75) is 38.0 Å². The zero-order valence-corrected chi connectivity index (χ0v) is 14.5. The number of carbonyl (C=O) groups excluding carboxylic acids is 1. The third-order valence-corrected chi connectivity index (χ3v) is 5.37. The number of hydrogen-bond acceptors (Lipinski definition) is 4. The predicted octanol–water partition coefficient (Wildman–Crippen LogP) is 2.63. The Labute approximate surface area is 150 Å². The molecule has 0 aromatic heterocycles. The molecule has 144 valence electrons. The fourth-order valence-electron chi connectivity index (χ4n) is 4.13. The number of methoxy groups -OCH3 is 1. The van der Waals surface area contributed by atoms with Gasteiger partial charge in [0.1, 0.15) is 0 Å². The Morgan fingerprint density at radius 1 is 1.27 bits per heavy atom. The van der Waals surface area contributed by atoms with E-state index in [1.165, 1.54) is 13.2 Å². The van der Waals surface area contributed by atoms with Crippen LogP contribution < -0.4 is 20.5 Å². The summed E-state index contributed by atoms with van der Waals surface area (Å²) in [5, 5.41) is 2.89. The van der Waals surface area contributed by atoms with E-state index in [1.807, 2.05) is 0 Å². The number of rotatable bonds is 6. The van der Waals surface area contributed by atoms with E-state index in [0.29, 0.717) is 17.4 Å². The van der Waals surface area contributed by atoms with Crippen LogP contribution in [-0.2, 0) is 11.3 Å². The molecule has 0 spiro atoms. The molecule has 2 saturated carbocycles. The van der Waals surface area contributed by atoms with Crippen LogP contribution >= 0.6 is 0 Å². The number of nitrogens with two attached hydrogens (primary N) is 1. The van der Waals surface area contributed by atoms with Crippen LogP contribution in [0.2, 0.25) is 0 Å². The quantitative estimate of drug-likeness (QED) is 0.805. The molecular weight excluding hydrogens is 349 g/mol. The first kappa shape index (κ1) is 18.8. The molecule has 5 nitrogen and oxygen atoms in total. The van der Waals surface area contributed by atoms with Gasteiger partial charge < -0.3 is 20.5 Å². The first-order valence-corrected chi connectivity index (χ1v) is 8.68. The van der Waals surface area contributed by atoms with E-state index < -0.39 is 12.8 Å². The van der Waals surface area contributed by atoms with Crippen LogP contribution in [0.25, 0.3) is 0 Å². The molecule has 0 aliphatic heterocycles. The number of alkyl halides is 3. The lowest BCUT2D eigenvalue weighted by atomic mass is 9.84. The van der Waals surface area contributed by atoms with Crippen LogP contribution in [0.4, 0.5) is 13.2 Å². The molecule has 4 atom stereocenters. The summed E-state index contributed by atoms with van der Waals surface area (Å²) in [5.74, 6) is 0.808. The van der Waals surface area contributed by atoms with Gasteiger partial charge >= 0.3 is 6.18 Å². The van der Waals surface area contributed by atoms with Gasteiger partial charge in [-0.2, -0.15) is 13.2 Å². The first-order valence-electron chi connectivity index (χ1n) is 8.68. The Kier molecular flexibility index (Phi) is 5.32. The molecule has 2 aliphatic rings. The zero-order chi connectivity index (χ0) is 18.9. The number of hydrogen-bond donors (Lipinski definition) is 2. The lowest BCUT2D eigenvalue weighted by Crippen LogP contribution is -2.45.